The molecule has 4 nitrogen and oxygen atoms in total. The van der Waals surface area contributed by atoms with Gasteiger partial charge in [-0.25, -0.2) is 0 Å². The summed E-state index contributed by atoms with van der Waals surface area (Å²) in [5.74, 6) is 0. The van der Waals surface area contributed by atoms with Crippen molar-refractivity contribution in [3.05, 3.63) is 0 Å². The van der Waals surface area contributed by atoms with Crippen molar-refractivity contribution in [2.75, 3.05) is 0 Å². The van der Waals surface area contributed by atoms with E-state index in [9.17, 15) is 0 Å². The minimum Gasteiger partial charge on any atom is -0.784 e. The molecule has 0 rings (SSSR count). The fraction of sp³-hybridized carbons (Fsp3) is 0. The molecule has 0 saturated heterocycles. The maximum Gasteiger partial charge on any atom is 1.00 e. The van der Waals surface area contributed by atoms with Gasteiger partial charge in [0.1, 0.15) is 0 Å². The summed E-state index contributed by atoms with van der Waals surface area (Å²) in [6.07, 6.45) is 0. The standard InChI is InChI=1S/Li.H3N.H2O3S/c;;1-4(2)3/h;1H3;(H2,1,2,3)/q+1;;/p-1. The maximum atomic E-state index is 8.44. The Bertz CT molecular complexity index is 33.8. The zero-order valence-corrected chi connectivity index (χ0v) is 4.45. The molecule has 0 atom stereocenters. The fourth-order valence-electron chi connectivity index (χ4n) is 0. The third-order valence-electron chi connectivity index (χ3n) is 0. The number of hydrogen-bond donors (Lipinski definition) is 1. The molecule has 6 heavy (non-hydrogen) atoms. The average Bonchev–Trinajstić information content (AvgIpc) is 0.811. The van der Waals surface area contributed by atoms with Crippen molar-refractivity contribution < 1.29 is 32.2 Å². The maximum absolute atomic E-state index is 8.44. The summed E-state index contributed by atoms with van der Waals surface area (Å²) in [6.45, 7) is 0. The van der Waals surface area contributed by atoms with Gasteiger partial charge >= 0.3 is 18.9 Å². The third-order valence-corrected chi connectivity index (χ3v) is 0. The molecule has 34 valence electrons. The van der Waals surface area contributed by atoms with E-state index in [-0.39, 0.29) is 25.0 Å². The average molecular weight is 105 g/mol. The number of rotatable bonds is 0. The minimum absolute atomic E-state index is 0. The molecular weight excluding hydrogens is 101 g/mol. The van der Waals surface area contributed by atoms with Gasteiger partial charge in [-0.2, -0.15) is 0 Å². The fourth-order valence-corrected chi connectivity index (χ4v) is 0. The first-order valence-electron chi connectivity index (χ1n) is 0.500. The molecule has 0 unspecified atom stereocenters. The predicted octanol–water partition coefficient (Wildman–Crippen LogP) is -3.62. The molecular formula is H4LiNO3S. The molecule has 0 aliphatic carbocycles. The van der Waals surface area contributed by atoms with Crippen LogP contribution in [0.5, 0.6) is 0 Å². The quantitative estimate of drug-likeness (QED) is 0.254. The van der Waals surface area contributed by atoms with Crippen LogP contribution in [0.3, 0.4) is 0 Å². The van der Waals surface area contributed by atoms with Crippen LogP contribution in [0.15, 0.2) is 0 Å². The Morgan fingerprint density at radius 3 is 1.33 bits per heavy atom. The van der Waals surface area contributed by atoms with Crippen LogP contribution in [-0.4, -0.2) is 13.3 Å². The first-order valence-corrected chi connectivity index (χ1v) is 1.50. The third kappa shape index (κ3) is 155. The SMILES string of the molecule is O=S([O-])[O-].[Li+].[NH4+]. The Hall–Kier alpha value is 0.627. The summed E-state index contributed by atoms with van der Waals surface area (Å²) >= 11 is -3.11. The second-order valence-corrected chi connectivity index (χ2v) is 0.612. The topological polar surface area (TPSA) is 99.7 Å². The molecule has 0 bridgehead atoms. The zero-order chi connectivity index (χ0) is 3.58. The van der Waals surface area contributed by atoms with E-state index in [0.717, 1.165) is 0 Å². The Morgan fingerprint density at radius 2 is 1.33 bits per heavy atom. The van der Waals surface area contributed by atoms with Gasteiger partial charge in [0.15, 0.2) is 0 Å². The van der Waals surface area contributed by atoms with Gasteiger partial charge in [-0.1, -0.05) is 0 Å². The summed E-state index contributed by atoms with van der Waals surface area (Å²) in [5, 5.41) is 0. The molecule has 0 aromatic heterocycles. The van der Waals surface area contributed by atoms with Gasteiger partial charge in [0.05, 0.1) is 0 Å². The zero-order valence-electron chi connectivity index (χ0n) is 3.63. The molecule has 0 aliphatic heterocycles. The molecule has 6 heteroatoms. The van der Waals surface area contributed by atoms with Crippen molar-refractivity contribution in [1.29, 1.82) is 0 Å². The smallest absolute Gasteiger partial charge is 0.784 e. The molecule has 0 heterocycles. The van der Waals surface area contributed by atoms with E-state index in [1.54, 1.807) is 0 Å². The van der Waals surface area contributed by atoms with Gasteiger partial charge in [0.2, 0.25) is 0 Å². The van der Waals surface area contributed by atoms with Crippen molar-refractivity contribution in [3.63, 3.8) is 0 Å². The van der Waals surface area contributed by atoms with E-state index in [4.69, 9.17) is 13.3 Å². The van der Waals surface area contributed by atoms with Crippen molar-refractivity contribution in [2.45, 2.75) is 0 Å². The van der Waals surface area contributed by atoms with Crippen molar-refractivity contribution >= 4 is 11.4 Å². The van der Waals surface area contributed by atoms with Crippen LogP contribution in [0.2, 0.25) is 0 Å². The molecule has 0 radical (unpaired) electrons. The van der Waals surface area contributed by atoms with Crippen LogP contribution in [0.25, 0.3) is 0 Å². The van der Waals surface area contributed by atoms with E-state index in [2.05, 4.69) is 0 Å². The Morgan fingerprint density at radius 1 is 1.33 bits per heavy atom. The van der Waals surface area contributed by atoms with Gasteiger partial charge in [-0.3, -0.25) is 4.21 Å². The van der Waals surface area contributed by atoms with E-state index in [0.29, 0.717) is 0 Å². The Balaban J connectivity index is -0.0000000450. The predicted molar refractivity (Wildman–Crippen MR) is 15.7 cm³/mol. The van der Waals surface area contributed by atoms with Crippen LogP contribution in [0.4, 0.5) is 0 Å². The van der Waals surface area contributed by atoms with E-state index in [1.807, 2.05) is 0 Å². The second-order valence-electron chi connectivity index (χ2n) is 0.204. The summed E-state index contributed by atoms with van der Waals surface area (Å²) < 4.78 is 25.3. The first-order chi connectivity index (χ1) is 1.73. The van der Waals surface area contributed by atoms with E-state index < -0.39 is 11.4 Å². The molecule has 0 aromatic carbocycles. The molecule has 4 N–H and O–H groups in total. The van der Waals surface area contributed by atoms with Crippen LogP contribution in [0, 0.1) is 0 Å². The normalized spacial score (nSPS) is 5.83. The monoisotopic (exact) mass is 105 g/mol. The van der Waals surface area contributed by atoms with Gasteiger partial charge in [-0.05, 0) is 0 Å². The van der Waals surface area contributed by atoms with E-state index in [1.165, 1.54) is 0 Å². The molecule has 0 aromatic rings. The van der Waals surface area contributed by atoms with Gasteiger partial charge in [0.25, 0.3) is 0 Å². The van der Waals surface area contributed by atoms with Gasteiger partial charge < -0.3 is 15.3 Å². The van der Waals surface area contributed by atoms with Gasteiger partial charge in [0, 0.05) is 0 Å². The first kappa shape index (κ1) is 16.0. The van der Waals surface area contributed by atoms with Crippen molar-refractivity contribution in [2.24, 2.45) is 0 Å². The van der Waals surface area contributed by atoms with Gasteiger partial charge in [-0.15, -0.1) is 11.4 Å². The van der Waals surface area contributed by atoms with Crippen LogP contribution < -0.4 is 25.0 Å². The van der Waals surface area contributed by atoms with Crippen molar-refractivity contribution in [1.82, 2.24) is 6.15 Å². The summed E-state index contributed by atoms with van der Waals surface area (Å²) in [4.78, 5) is 0. The summed E-state index contributed by atoms with van der Waals surface area (Å²) in [5.41, 5.74) is 0. The second kappa shape index (κ2) is 9.16. The largest absolute Gasteiger partial charge is 1.00 e. The summed E-state index contributed by atoms with van der Waals surface area (Å²) in [7, 11) is 0. The van der Waals surface area contributed by atoms with E-state index >= 15 is 0 Å². The minimum atomic E-state index is -3.11. The molecule has 0 aliphatic rings. The molecule has 0 fully saturated rings. The Kier molecular flexibility index (Phi) is 24.3. The number of quaternary nitrogens is 1. The van der Waals surface area contributed by atoms with Crippen LogP contribution >= 0.6 is 0 Å². The van der Waals surface area contributed by atoms with Crippen LogP contribution in [-0.2, 0) is 11.4 Å². The number of hydrogen-bond acceptors (Lipinski definition) is 3. The molecule has 0 saturated carbocycles. The van der Waals surface area contributed by atoms with Crippen LogP contribution in [0.1, 0.15) is 0 Å². The van der Waals surface area contributed by atoms with Crippen molar-refractivity contribution in [3.8, 4) is 0 Å². The molecule has 0 amide bonds. The molecule has 0 spiro atoms. The summed E-state index contributed by atoms with van der Waals surface area (Å²) in [6, 6.07) is 0. The Labute approximate surface area is 50.2 Å².